The minimum absolute atomic E-state index is 0.152. The van der Waals surface area contributed by atoms with E-state index in [-0.39, 0.29) is 11.4 Å². The van der Waals surface area contributed by atoms with Crippen molar-refractivity contribution >= 4 is 16.9 Å². The molecular formula is C35H35N3O5. The molecular weight excluding hydrogens is 542 g/mol. The highest BCUT2D eigenvalue weighted by molar-refractivity contribution is 5.98. The highest BCUT2D eigenvalue weighted by Gasteiger charge is 2.39. The molecule has 1 aliphatic rings. The second kappa shape index (κ2) is 11.8. The molecule has 4 aromatic carbocycles. The van der Waals surface area contributed by atoms with Crippen LogP contribution in [0, 0.1) is 6.92 Å². The van der Waals surface area contributed by atoms with E-state index in [2.05, 4.69) is 16.8 Å². The zero-order chi connectivity index (χ0) is 30.0. The van der Waals surface area contributed by atoms with E-state index in [1.807, 2.05) is 85.8 Å². The molecule has 220 valence electrons. The predicted octanol–water partition coefficient (Wildman–Crippen LogP) is 6.28. The van der Waals surface area contributed by atoms with Crippen LogP contribution in [0.5, 0.6) is 17.2 Å². The maximum Gasteiger partial charge on any atom is 0.251 e. The largest absolute Gasteiger partial charge is 0.493 e. The number of hydrogen-bond donors (Lipinski definition) is 1. The Bertz CT molecular complexity index is 1760. The standard InChI is InChI=1S/C35H35N3O5/c1-23-27(33-37-28-16-15-26(34(39)36-3)17-29(28)38(33)35(2)21-41-22-35)18-30(40-4)32(43-20-25-13-9-6-10-14-25)31(23)42-19-24-11-7-5-8-12-24/h5-18H,19-22H2,1-4H3,(H,36,39). The van der Waals surface area contributed by atoms with Crippen LogP contribution in [0.15, 0.2) is 84.9 Å². The molecule has 8 heteroatoms. The SMILES string of the molecule is CNC(=O)c1ccc2nc(-c3cc(OC)c(OCc4ccccc4)c(OCc4ccccc4)c3C)n(C3(C)COC3)c2c1. The number of rotatable bonds is 10. The van der Waals surface area contributed by atoms with Crippen molar-refractivity contribution in [3.8, 4) is 28.6 Å². The maximum absolute atomic E-state index is 12.5. The highest BCUT2D eigenvalue weighted by Crippen LogP contribution is 2.47. The molecule has 1 fully saturated rings. The van der Waals surface area contributed by atoms with Crippen LogP contribution in [-0.4, -0.2) is 42.8 Å². The Kier molecular flexibility index (Phi) is 7.78. The molecule has 1 amide bonds. The molecule has 0 spiro atoms. The first-order valence-corrected chi connectivity index (χ1v) is 14.3. The van der Waals surface area contributed by atoms with Crippen molar-refractivity contribution in [2.75, 3.05) is 27.4 Å². The van der Waals surface area contributed by atoms with Crippen molar-refractivity contribution in [3.05, 3.63) is 107 Å². The molecule has 1 saturated heterocycles. The van der Waals surface area contributed by atoms with E-state index >= 15 is 0 Å². The van der Waals surface area contributed by atoms with Crippen LogP contribution in [0.25, 0.3) is 22.4 Å². The lowest BCUT2D eigenvalue weighted by Gasteiger charge is -2.41. The van der Waals surface area contributed by atoms with Gasteiger partial charge in [0.25, 0.3) is 5.91 Å². The third-order valence-corrected chi connectivity index (χ3v) is 7.87. The fourth-order valence-corrected chi connectivity index (χ4v) is 5.48. The number of imidazole rings is 1. The minimum Gasteiger partial charge on any atom is -0.493 e. The zero-order valence-electron chi connectivity index (χ0n) is 24.8. The minimum atomic E-state index is -0.349. The number of nitrogens with one attached hydrogen (secondary N) is 1. The van der Waals surface area contributed by atoms with Crippen LogP contribution in [0.1, 0.15) is 34.0 Å². The Balaban J connectivity index is 1.52. The van der Waals surface area contributed by atoms with E-state index in [0.29, 0.717) is 49.2 Å². The van der Waals surface area contributed by atoms with Crippen molar-refractivity contribution in [2.24, 2.45) is 0 Å². The average molecular weight is 578 g/mol. The number of benzene rings is 4. The first-order valence-electron chi connectivity index (χ1n) is 14.3. The number of aromatic nitrogens is 2. The molecule has 1 N–H and O–H groups in total. The number of carbonyl (C=O) groups excluding carboxylic acids is 1. The molecule has 0 saturated carbocycles. The summed E-state index contributed by atoms with van der Waals surface area (Å²) in [6, 6.07) is 27.6. The summed E-state index contributed by atoms with van der Waals surface area (Å²) >= 11 is 0. The van der Waals surface area contributed by atoms with Gasteiger partial charge in [-0.25, -0.2) is 4.98 Å². The number of ether oxygens (including phenoxy) is 4. The lowest BCUT2D eigenvalue weighted by Crippen LogP contribution is -2.49. The second-order valence-corrected chi connectivity index (χ2v) is 11.0. The number of nitrogens with zero attached hydrogens (tertiary/aromatic N) is 2. The number of fused-ring (bicyclic) bond motifs is 1. The van der Waals surface area contributed by atoms with Crippen LogP contribution in [0.2, 0.25) is 0 Å². The zero-order valence-corrected chi connectivity index (χ0v) is 24.8. The fourth-order valence-electron chi connectivity index (χ4n) is 5.48. The van der Waals surface area contributed by atoms with E-state index in [0.717, 1.165) is 39.1 Å². The monoisotopic (exact) mass is 577 g/mol. The van der Waals surface area contributed by atoms with E-state index in [9.17, 15) is 4.79 Å². The quantitative estimate of drug-likeness (QED) is 0.210. The summed E-state index contributed by atoms with van der Waals surface area (Å²) in [6.45, 7) is 5.93. The Labute approximate surface area is 251 Å². The van der Waals surface area contributed by atoms with Crippen molar-refractivity contribution in [1.82, 2.24) is 14.9 Å². The third kappa shape index (κ3) is 5.42. The summed E-state index contributed by atoms with van der Waals surface area (Å²) in [4.78, 5) is 17.6. The molecule has 6 rings (SSSR count). The van der Waals surface area contributed by atoms with E-state index in [4.69, 9.17) is 23.9 Å². The summed E-state index contributed by atoms with van der Waals surface area (Å²) in [6.07, 6.45) is 0. The van der Waals surface area contributed by atoms with Gasteiger partial charge in [-0.2, -0.15) is 0 Å². The van der Waals surface area contributed by atoms with E-state index in [1.165, 1.54) is 0 Å². The third-order valence-electron chi connectivity index (χ3n) is 7.87. The normalized spacial score (nSPS) is 13.8. The van der Waals surface area contributed by atoms with Crippen molar-refractivity contribution in [3.63, 3.8) is 0 Å². The van der Waals surface area contributed by atoms with Gasteiger partial charge in [-0.15, -0.1) is 0 Å². The lowest BCUT2D eigenvalue weighted by molar-refractivity contribution is -0.0868. The van der Waals surface area contributed by atoms with Gasteiger partial charge < -0.3 is 28.8 Å². The van der Waals surface area contributed by atoms with Gasteiger partial charge in [0.2, 0.25) is 5.75 Å². The summed E-state index contributed by atoms with van der Waals surface area (Å²) in [5.41, 5.74) is 5.64. The van der Waals surface area contributed by atoms with Gasteiger partial charge in [0.15, 0.2) is 11.5 Å². The molecule has 1 aromatic heterocycles. The average Bonchev–Trinajstić information content (AvgIpc) is 3.41. The molecule has 2 heterocycles. The van der Waals surface area contributed by atoms with Crippen LogP contribution >= 0.6 is 0 Å². The number of amides is 1. The number of methoxy groups -OCH3 is 1. The molecule has 0 aliphatic carbocycles. The van der Waals surface area contributed by atoms with Crippen LogP contribution in [0.3, 0.4) is 0 Å². The molecule has 43 heavy (non-hydrogen) atoms. The summed E-state index contributed by atoms with van der Waals surface area (Å²) < 4.78 is 26.7. The second-order valence-electron chi connectivity index (χ2n) is 11.0. The van der Waals surface area contributed by atoms with Gasteiger partial charge in [-0.1, -0.05) is 60.7 Å². The van der Waals surface area contributed by atoms with E-state index in [1.54, 1.807) is 20.2 Å². The first-order chi connectivity index (χ1) is 20.9. The first kappa shape index (κ1) is 28.3. The predicted molar refractivity (Wildman–Crippen MR) is 166 cm³/mol. The maximum atomic E-state index is 12.5. The summed E-state index contributed by atoms with van der Waals surface area (Å²) in [5.74, 6) is 2.25. The molecule has 0 bridgehead atoms. The molecule has 0 unspecified atom stereocenters. The topological polar surface area (TPSA) is 83.8 Å². The van der Waals surface area contributed by atoms with Crippen molar-refractivity contribution < 1.29 is 23.7 Å². The van der Waals surface area contributed by atoms with Gasteiger partial charge in [-0.3, -0.25) is 4.79 Å². The van der Waals surface area contributed by atoms with Gasteiger partial charge in [-0.05, 0) is 49.2 Å². The lowest BCUT2D eigenvalue weighted by atomic mass is 9.97. The smallest absolute Gasteiger partial charge is 0.251 e. The highest BCUT2D eigenvalue weighted by atomic mass is 16.5. The van der Waals surface area contributed by atoms with Gasteiger partial charge in [0.1, 0.15) is 19.0 Å². The molecule has 1 aliphatic heterocycles. The van der Waals surface area contributed by atoms with Gasteiger partial charge in [0, 0.05) is 23.7 Å². The molecule has 5 aromatic rings. The Morgan fingerprint density at radius 3 is 2.12 bits per heavy atom. The Hall–Kier alpha value is -4.82. The molecule has 0 atom stereocenters. The van der Waals surface area contributed by atoms with Crippen molar-refractivity contribution in [1.29, 1.82) is 0 Å². The Morgan fingerprint density at radius 1 is 0.930 bits per heavy atom. The summed E-state index contributed by atoms with van der Waals surface area (Å²) in [5, 5.41) is 2.72. The van der Waals surface area contributed by atoms with Crippen LogP contribution in [0.4, 0.5) is 0 Å². The molecule has 8 nitrogen and oxygen atoms in total. The fraction of sp³-hybridized carbons (Fsp3) is 0.257. The van der Waals surface area contributed by atoms with Crippen molar-refractivity contribution in [2.45, 2.75) is 32.6 Å². The number of hydrogen-bond acceptors (Lipinski definition) is 6. The van der Waals surface area contributed by atoms with E-state index < -0.39 is 0 Å². The van der Waals surface area contributed by atoms with Crippen LogP contribution in [-0.2, 0) is 23.5 Å². The number of carbonyl (C=O) groups is 1. The Morgan fingerprint density at radius 2 is 1.56 bits per heavy atom. The van der Waals surface area contributed by atoms with Gasteiger partial charge in [0.05, 0.1) is 36.9 Å². The van der Waals surface area contributed by atoms with Gasteiger partial charge >= 0.3 is 0 Å². The summed E-state index contributed by atoms with van der Waals surface area (Å²) in [7, 11) is 3.26. The van der Waals surface area contributed by atoms with Crippen LogP contribution < -0.4 is 19.5 Å². The molecule has 0 radical (unpaired) electrons.